The molecule has 0 bridgehead atoms. The number of halogens is 2. The summed E-state index contributed by atoms with van der Waals surface area (Å²) in [5.74, 6) is -2.37. The van der Waals surface area contributed by atoms with E-state index in [1.165, 1.54) is 6.33 Å². The van der Waals surface area contributed by atoms with Crippen LogP contribution in [-0.2, 0) is 6.54 Å². The van der Waals surface area contributed by atoms with E-state index < -0.39 is 5.92 Å². The van der Waals surface area contributed by atoms with E-state index in [2.05, 4.69) is 15.3 Å². The van der Waals surface area contributed by atoms with Crippen LogP contribution in [0.15, 0.2) is 18.6 Å². The maximum atomic E-state index is 13.2. The molecule has 1 aliphatic rings. The maximum Gasteiger partial charge on any atom is 0.248 e. The van der Waals surface area contributed by atoms with Crippen LogP contribution >= 0.6 is 0 Å². The minimum absolute atomic E-state index is 0.0176. The van der Waals surface area contributed by atoms with Gasteiger partial charge >= 0.3 is 0 Å². The second-order valence-corrected chi connectivity index (χ2v) is 4.65. The molecule has 3 nitrogen and oxygen atoms in total. The molecule has 1 aromatic rings. The Balaban J connectivity index is 1.72. The molecule has 0 radical (unpaired) electrons. The standard InChI is InChI=1S/C12H17F2N3/c13-12(14)4-1-2-10(6-12)7-16-8-11-3-5-15-9-17-11/h3,5,9-10,16H,1-2,4,6-8H2. The minimum Gasteiger partial charge on any atom is -0.311 e. The van der Waals surface area contributed by atoms with Crippen molar-refractivity contribution in [2.45, 2.75) is 38.2 Å². The highest BCUT2D eigenvalue weighted by molar-refractivity contribution is 4.97. The Morgan fingerprint density at radius 2 is 2.35 bits per heavy atom. The van der Waals surface area contributed by atoms with E-state index >= 15 is 0 Å². The Kier molecular flexibility index (Phi) is 3.99. The molecular weight excluding hydrogens is 224 g/mol. The molecule has 2 rings (SSSR count). The second kappa shape index (κ2) is 5.49. The van der Waals surface area contributed by atoms with E-state index in [9.17, 15) is 8.78 Å². The Morgan fingerprint density at radius 1 is 1.47 bits per heavy atom. The summed E-state index contributed by atoms with van der Waals surface area (Å²) in [6, 6.07) is 1.82. The molecular formula is C12H17F2N3. The molecule has 0 aromatic carbocycles. The Hall–Kier alpha value is -1.10. The zero-order valence-electron chi connectivity index (χ0n) is 9.70. The van der Waals surface area contributed by atoms with Crippen molar-refractivity contribution < 1.29 is 8.78 Å². The van der Waals surface area contributed by atoms with Gasteiger partial charge in [0.2, 0.25) is 5.92 Å². The van der Waals surface area contributed by atoms with Gasteiger partial charge in [0.25, 0.3) is 0 Å². The quantitative estimate of drug-likeness (QED) is 0.879. The first-order valence-electron chi connectivity index (χ1n) is 5.99. The van der Waals surface area contributed by atoms with E-state index in [0.29, 0.717) is 19.5 Å². The summed E-state index contributed by atoms with van der Waals surface area (Å²) in [6.07, 6.45) is 4.77. The van der Waals surface area contributed by atoms with E-state index in [1.54, 1.807) is 6.20 Å². The molecule has 5 heteroatoms. The van der Waals surface area contributed by atoms with Crippen LogP contribution in [0.2, 0.25) is 0 Å². The van der Waals surface area contributed by atoms with Crippen molar-refractivity contribution in [1.29, 1.82) is 0 Å². The fraction of sp³-hybridized carbons (Fsp3) is 0.667. The molecule has 1 atom stereocenters. The highest BCUT2D eigenvalue weighted by Gasteiger charge is 2.35. The van der Waals surface area contributed by atoms with E-state index in [4.69, 9.17) is 0 Å². The van der Waals surface area contributed by atoms with Crippen molar-refractivity contribution in [3.05, 3.63) is 24.3 Å². The highest BCUT2D eigenvalue weighted by Crippen LogP contribution is 2.36. The predicted molar refractivity (Wildman–Crippen MR) is 60.6 cm³/mol. The van der Waals surface area contributed by atoms with Gasteiger partial charge in [-0.05, 0) is 31.4 Å². The first-order chi connectivity index (χ1) is 8.16. The third-order valence-corrected chi connectivity index (χ3v) is 3.12. The lowest BCUT2D eigenvalue weighted by molar-refractivity contribution is -0.0520. The number of alkyl halides is 2. The Labute approximate surface area is 99.7 Å². The lowest BCUT2D eigenvalue weighted by Crippen LogP contribution is -2.32. The number of rotatable bonds is 4. The third kappa shape index (κ3) is 4.00. The number of aromatic nitrogens is 2. The van der Waals surface area contributed by atoms with Crippen LogP contribution in [0.1, 0.15) is 31.4 Å². The van der Waals surface area contributed by atoms with Crippen molar-refractivity contribution in [1.82, 2.24) is 15.3 Å². The first-order valence-corrected chi connectivity index (χ1v) is 5.99. The van der Waals surface area contributed by atoms with Gasteiger partial charge in [-0.3, -0.25) is 0 Å². The van der Waals surface area contributed by atoms with Crippen molar-refractivity contribution in [2.24, 2.45) is 5.92 Å². The van der Waals surface area contributed by atoms with Gasteiger partial charge in [-0.1, -0.05) is 0 Å². The average molecular weight is 241 g/mol. The molecule has 17 heavy (non-hydrogen) atoms. The SMILES string of the molecule is FC1(F)CCCC(CNCc2ccncn2)C1. The van der Waals surface area contributed by atoms with Gasteiger partial charge in [-0.25, -0.2) is 18.7 Å². The van der Waals surface area contributed by atoms with Gasteiger partial charge < -0.3 is 5.32 Å². The van der Waals surface area contributed by atoms with Gasteiger partial charge in [0.1, 0.15) is 6.33 Å². The summed E-state index contributed by atoms with van der Waals surface area (Å²) in [7, 11) is 0. The fourth-order valence-electron chi connectivity index (χ4n) is 2.28. The number of nitrogens with one attached hydrogen (secondary N) is 1. The maximum absolute atomic E-state index is 13.2. The van der Waals surface area contributed by atoms with Crippen molar-refractivity contribution in [2.75, 3.05) is 6.54 Å². The van der Waals surface area contributed by atoms with E-state index in [0.717, 1.165) is 12.1 Å². The number of hydrogen-bond acceptors (Lipinski definition) is 3. The van der Waals surface area contributed by atoms with Gasteiger partial charge in [0, 0.05) is 25.6 Å². The van der Waals surface area contributed by atoms with E-state index in [1.807, 2.05) is 6.07 Å². The summed E-state index contributed by atoms with van der Waals surface area (Å²) in [5.41, 5.74) is 0.891. The van der Waals surface area contributed by atoms with Crippen LogP contribution in [-0.4, -0.2) is 22.4 Å². The summed E-state index contributed by atoms with van der Waals surface area (Å²) < 4.78 is 26.3. The van der Waals surface area contributed by atoms with Crippen molar-refractivity contribution in [3.8, 4) is 0 Å². The molecule has 1 aliphatic carbocycles. The van der Waals surface area contributed by atoms with Gasteiger partial charge in [-0.15, -0.1) is 0 Å². The zero-order chi connectivity index (χ0) is 12.1. The summed E-state index contributed by atoms with van der Waals surface area (Å²) in [5, 5.41) is 3.19. The zero-order valence-corrected chi connectivity index (χ0v) is 9.70. The predicted octanol–water partition coefficient (Wildman–Crippen LogP) is 2.39. The monoisotopic (exact) mass is 241 g/mol. The van der Waals surface area contributed by atoms with Crippen molar-refractivity contribution >= 4 is 0 Å². The van der Waals surface area contributed by atoms with Crippen LogP contribution in [0.25, 0.3) is 0 Å². The lowest BCUT2D eigenvalue weighted by Gasteiger charge is -2.28. The van der Waals surface area contributed by atoms with Crippen LogP contribution in [0.5, 0.6) is 0 Å². The lowest BCUT2D eigenvalue weighted by atomic mass is 9.86. The molecule has 0 spiro atoms. The number of hydrogen-bond donors (Lipinski definition) is 1. The molecule has 1 aromatic heterocycles. The molecule has 1 fully saturated rings. The molecule has 1 N–H and O–H groups in total. The summed E-state index contributed by atoms with van der Waals surface area (Å²) in [4.78, 5) is 7.89. The number of nitrogens with zero attached hydrogens (tertiary/aromatic N) is 2. The van der Waals surface area contributed by atoms with Crippen LogP contribution < -0.4 is 5.32 Å². The van der Waals surface area contributed by atoms with E-state index in [-0.39, 0.29) is 18.8 Å². The molecule has 0 saturated heterocycles. The minimum atomic E-state index is -2.46. The van der Waals surface area contributed by atoms with Gasteiger partial charge in [0.05, 0.1) is 5.69 Å². The summed E-state index contributed by atoms with van der Waals surface area (Å²) in [6.45, 7) is 1.25. The van der Waals surface area contributed by atoms with Gasteiger partial charge in [0.15, 0.2) is 0 Å². The van der Waals surface area contributed by atoms with Crippen LogP contribution in [0, 0.1) is 5.92 Å². The highest BCUT2D eigenvalue weighted by atomic mass is 19.3. The third-order valence-electron chi connectivity index (χ3n) is 3.12. The molecule has 0 aliphatic heterocycles. The Bertz CT molecular complexity index is 343. The largest absolute Gasteiger partial charge is 0.311 e. The first kappa shape index (κ1) is 12.4. The van der Waals surface area contributed by atoms with Gasteiger partial charge in [-0.2, -0.15) is 0 Å². The second-order valence-electron chi connectivity index (χ2n) is 4.65. The molecule has 1 unspecified atom stereocenters. The van der Waals surface area contributed by atoms with Crippen LogP contribution in [0.4, 0.5) is 8.78 Å². The molecule has 94 valence electrons. The Morgan fingerprint density at radius 3 is 3.06 bits per heavy atom. The summed E-state index contributed by atoms with van der Waals surface area (Å²) >= 11 is 0. The molecule has 1 saturated carbocycles. The molecule has 0 amide bonds. The average Bonchev–Trinajstić information content (AvgIpc) is 2.29. The molecule has 1 heterocycles. The van der Waals surface area contributed by atoms with Crippen LogP contribution in [0.3, 0.4) is 0 Å². The fourth-order valence-corrected chi connectivity index (χ4v) is 2.28. The topological polar surface area (TPSA) is 37.8 Å². The normalized spacial score (nSPS) is 23.5. The smallest absolute Gasteiger partial charge is 0.248 e. The van der Waals surface area contributed by atoms with Crippen molar-refractivity contribution in [3.63, 3.8) is 0 Å².